The molecule has 0 amide bonds. The van der Waals surface area contributed by atoms with Gasteiger partial charge in [0.2, 0.25) is 5.90 Å². The SMILES string of the molecule is C=N/N=C(\OCS)c1ccccc1. The van der Waals surface area contributed by atoms with E-state index in [0.29, 0.717) is 5.90 Å². The normalized spacial score (nSPS) is 11.0. The van der Waals surface area contributed by atoms with Crippen LogP contribution in [0.1, 0.15) is 5.56 Å². The fourth-order valence-electron chi connectivity index (χ4n) is 0.876. The average Bonchev–Trinajstić information content (AvgIpc) is 2.19. The molecule has 13 heavy (non-hydrogen) atoms. The minimum absolute atomic E-state index is 0.267. The van der Waals surface area contributed by atoms with Crippen LogP contribution in [-0.2, 0) is 4.74 Å². The molecule has 0 aliphatic carbocycles. The second-order valence-corrected chi connectivity index (χ2v) is 2.44. The second kappa shape index (κ2) is 5.37. The number of rotatable bonds is 3. The van der Waals surface area contributed by atoms with E-state index in [2.05, 4.69) is 29.5 Å². The molecular weight excluding hydrogens is 184 g/mol. The van der Waals surface area contributed by atoms with Gasteiger partial charge in [-0.15, -0.1) is 17.7 Å². The van der Waals surface area contributed by atoms with Crippen LogP contribution >= 0.6 is 12.6 Å². The summed E-state index contributed by atoms with van der Waals surface area (Å²) in [5.74, 6) is 0.703. The molecule has 0 heterocycles. The smallest absolute Gasteiger partial charge is 0.241 e. The number of hydrogen-bond acceptors (Lipinski definition) is 4. The van der Waals surface area contributed by atoms with Gasteiger partial charge in [-0.05, 0) is 12.1 Å². The standard InChI is InChI=1S/C9H10N2OS/c1-10-11-9(12-7-13)8-5-3-2-4-6-8/h2-6,13H,1,7H2/b11-9-. The molecule has 1 aromatic rings. The molecule has 0 N–H and O–H groups in total. The minimum Gasteiger partial charge on any atom is -0.465 e. The van der Waals surface area contributed by atoms with E-state index in [0.717, 1.165) is 5.56 Å². The summed E-state index contributed by atoms with van der Waals surface area (Å²) >= 11 is 3.94. The summed E-state index contributed by atoms with van der Waals surface area (Å²) in [6.45, 7) is 3.27. The van der Waals surface area contributed by atoms with E-state index in [1.165, 1.54) is 0 Å². The predicted molar refractivity (Wildman–Crippen MR) is 57.5 cm³/mol. The van der Waals surface area contributed by atoms with Crippen molar-refractivity contribution in [3.63, 3.8) is 0 Å². The molecule has 0 saturated carbocycles. The van der Waals surface area contributed by atoms with Crippen LogP contribution in [0, 0.1) is 0 Å². The Morgan fingerprint density at radius 1 is 1.38 bits per heavy atom. The Morgan fingerprint density at radius 3 is 2.62 bits per heavy atom. The van der Waals surface area contributed by atoms with Crippen molar-refractivity contribution >= 4 is 25.2 Å². The van der Waals surface area contributed by atoms with Crippen LogP contribution in [0.5, 0.6) is 0 Å². The molecule has 0 atom stereocenters. The summed E-state index contributed by atoms with van der Waals surface area (Å²) in [4.78, 5) is 0. The Balaban J connectivity index is 2.89. The van der Waals surface area contributed by atoms with E-state index in [9.17, 15) is 0 Å². The molecule has 0 aromatic heterocycles. The lowest BCUT2D eigenvalue weighted by Crippen LogP contribution is -2.04. The Hall–Kier alpha value is -1.29. The van der Waals surface area contributed by atoms with Gasteiger partial charge in [-0.2, -0.15) is 5.10 Å². The van der Waals surface area contributed by atoms with Gasteiger partial charge in [0, 0.05) is 12.3 Å². The molecule has 0 bridgehead atoms. The maximum absolute atomic E-state index is 5.15. The maximum Gasteiger partial charge on any atom is 0.241 e. The third-order valence-electron chi connectivity index (χ3n) is 1.38. The third kappa shape index (κ3) is 2.91. The molecule has 1 aromatic carbocycles. The molecule has 0 spiro atoms. The lowest BCUT2D eigenvalue weighted by Gasteiger charge is -2.03. The van der Waals surface area contributed by atoms with Crippen LogP contribution in [0.3, 0.4) is 0 Å². The van der Waals surface area contributed by atoms with Gasteiger partial charge in [0.1, 0.15) is 5.94 Å². The number of benzene rings is 1. The molecule has 0 unspecified atom stereocenters. The molecule has 0 radical (unpaired) electrons. The van der Waals surface area contributed by atoms with Gasteiger partial charge in [0.15, 0.2) is 0 Å². The van der Waals surface area contributed by atoms with Gasteiger partial charge >= 0.3 is 0 Å². The molecule has 4 heteroatoms. The van der Waals surface area contributed by atoms with E-state index < -0.39 is 0 Å². The quantitative estimate of drug-likeness (QED) is 0.258. The van der Waals surface area contributed by atoms with Crippen LogP contribution < -0.4 is 0 Å². The van der Waals surface area contributed by atoms with E-state index in [-0.39, 0.29) is 5.94 Å². The molecular formula is C9H10N2OS. The van der Waals surface area contributed by atoms with Crippen LogP contribution in [0.2, 0.25) is 0 Å². The highest BCUT2D eigenvalue weighted by molar-refractivity contribution is 7.80. The monoisotopic (exact) mass is 194 g/mol. The zero-order chi connectivity index (χ0) is 9.52. The van der Waals surface area contributed by atoms with E-state index in [4.69, 9.17) is 4.74 Å². The Bertz CT molecular complexity index is 298. The first kappa shape index (κ1) is 9.80. The fraction of sp³-hybridized carbons (Fsp3) is 0.111. The summed E-state index contributed by atoms with van der Waals surface area (Å²) in [6, 6.07) is 9.48. The van der Waals surface area contributed by atoms with Crippen molar-refractivity contribution < 1.29 is 4.74 Å². The number of hydrogen-bond donors (Lipinski definition) is 1. The number of ether oxygens (including phenoxy) is 1. The van der Waals surface area contributed by atoms with E-state index >= 15 is 0 Å². The van der Waals surface area contributed by atoms with Gasteiger partial charge in [0.05, 0.1) is 0 Å². The van der Waals surface area contributed by atoms with Gasteiger partial charge in [-0.1, -0.05) is 18.2 Å². The maximum atomic E-state index is 5.15. The van der Waals surface area contributed by atoms with Crippen molar-refractivity contribution in [2.45, 2.75) is 0 Å². The van der Waals surface area contributed by atoms with Crippen molar-refractivity contribution in [2.24, 2.45) is 10.2 Å². The van der Waals surface area contributed by atoms with Crippen molar-refractivity contribution in [1.82, 2.24) is 0 Å². The summed E-state index contributed by atoms with van der Waals surface area (Å²) in [5.41, 5.74) is 0.865. The van der Waals surface area contributed by atoms with Gasteiger partial charge < -0.3 is 4.74 Å². The van der Waals surface area contributed by atoms with Crippen molar-refractivity contribution in [1.29, 1.82) is 0 Å². The van der Waals surface area contributed by atoms with Gasteiger partial charge in [0.25, 0.3) is 0 Å². The highest BCUT2D eigenvalue weighted by Crippen LogP contribution is 2.03. The van der Waals surface area contributed by atoms with Crippen LogP contribution in [0.25, 0.3) is 0 Å². The van der Waals surface area contributed by atoms with Crippen LogP contribution in [0.4, 0.5) is 0 Å². The topological polar surface area (TPSA) is 34.0 Å². The second-order valence-electron chi connectivity index (χ2n) is 2.19. The highest BCUT2D eigenvalue weighted by atomic mass is 32.1. The molecule has 0 fully saturated rings. The molecule has 68 valence electrons. The molecule has 1 rings (SSSR count). The predicted octanol–water partition coefficient (Wildman–Crippen LogP) is 1.95. The first-order valence-electron chi connectivity index (χ1n) is 3.71. The first-order valence-corrected chi connectivity index (χ1v) is 4.34. The molecule has 0 aliphatic heterocycles. The molecule has 3 nitrogen and oxygen atoms in total. The highest BCUT2D eigenvalue weighted by Gasteiger charge is 2.01. The minimum atomic E-state index is 0.267. The number of thiol groups is 1. The van der Waals surface area contributed by atoms with Gasteiger partial charge in [-0.25, -0.2) is 0 Å². The van der Waals surface area contributed by atoms with E-state index in [1.54, 1.807) is 0 Å². The Labute approximate surface area is 82.6 Å². The zero-order valence-corrected chi connectivity index (χ0v) is 7.95. The fourth-order valence-corrected chi connectivity index (χ4v) is 0.998. The van der Waals surface area contributed by atoms with Crippen LogP contribution in [0.15, 0.2) is 40.5 Å². The summed E-state index contributed by atoms with van der Waals surface area (Å²) < 4.78 is 5.15. The average molecular weight is 194 g/mol. The van der Waals surface area contributed by atoms with Gasteiger partial charge in [-0.3, -0.25) is 0 Å². The van der Waals surface area contributed by atoms with Crippen molar-refractivity contribution in [3.8, 4) is 0 Å². The Morgan fingerprint density at radius 2 is 2.08 bits per heavy atom. The summed E-state index contributed by atoms with van der Waals surface area (Å²) in [6.07, 6.45) is 0. The summed E-state index contributed by atoms with van der Waals surface area (Å²) in [7, 11) is 0. The summed E-state index contributed by atoms with van der Waals surface area (Å²) in [5, 5.41) is 7.15. The lowest BCUT2D eigenvalue weighted by atomic mass is 10.2. The van der Waals surface area contributed by atoms with Crippen molar-refractivity contribution in [2.75, 3.05) is 5.94 Å². The third-order valence-corrected chi connectivity index (χ3v) is 1.51. The number of nitrogens with zero attached hydrogens (tertiary/aromatic N) is 2. The molecule has 0 aliphatic rings. The Kier molecular flexibility index (Phi) is 4.05. The van der Waals surface area contributed by atoms with Crippen molar-refractivity contribution in [3.05, 3.63) is 35.9 Å². The first-order chi connectivity index (χ1) is 6.38. The molecule has 0 saturated heterocycles. The van der Waals surface area contributed by atoms with Crippen LogP contribution in [-0.4, -0.2) is 18.6 Å². The largest absolute Gasteiger partial charge is 0.465 e. The zero-order valence-electron chi connectivity index (χ0n) is 7.05. The lowest BCUT2D eigenvalue weighted by molar-refractivity contribution is 0.382. The van der Waals surface area contributed by atoms with E-state index in [1.807, 2.05) is 30.3 Å².